The fourth-order valence-corrected chi connectivity index (χ4v) is 2.51. The van der Waals surface area contributed by atoms with E-state index in [4.69, 9.17) is 0 Å². The third-order valence-electron chi connectivity index (χ3n) is 2.84. The predicted octanol–water partition coefficient (Wildman–Crippen LogP) is 2.92. The molecule has 1 heterocycles. The Labute approximate surface area is 113 Å². The summed E-state index contributed by atoms with van der Waals surface area (Å²) >= 11 is 3.35. The molecule has 0 spiro atoms. The zero-order chi connectivity index (χ0) is 13.9. The summed E-state index contributed by atoms with van der Waals surface area (Å²) < 4.78 is 40.6. The van der Waals surface area contributed by atoms with E-state index in [1.807, 2.05) is 13.8 Å². The van der Waals surface area contributed by atoms with Gasteiger partial charge in [0.25, 0.3) is 0 Å². The fraction of sp³-hybridized carbons (Fsp3) is 0.727. The molecule has 0 aliphatic rings. The molecule has 0 aliphatic carbocycles. The average Bonchev–Trinajstić information content (AvgIpc) is 2.60. The van der Waals surface area contributed by atoms with E-state index in [2.05, 4.69) is 26.3 Å². The molecule has 7 heteroatoms. The summed E-state index contributed by atoms with van der Waals surface area (Å²) in [5.74, 6) is 0. The van der Waals surface area contributed by atoms with Gasteiger partial charge in [0.05, 0.1) is 15.9 Å². The van der Waals surface area contributed by atoms with Crippen LogP contribution in [0.15, 0.2) is 4.47 Å². The third kappa shape index (κ3) is 3.26. The summed E-state index contributed by atoms with van der Waals surface area (Å²) in [4.78, 5) is 0. The van der Waals surface area contributed by atoms with Crippen molar-refractivity contribution in [2.45, 2.75) is 45.5 Å². The molecule has 1 atom stereocenters. The van der Waals surface area contributed by atoms with E-state index in [0.717, 1.165) is 5.69 Å². The maximum absolute atomic E-state index is 12.8. The Morgan fingerprint density at radius 3 is 2.39 bits per heavy atom. The highest BCUT2D eigenvalue weighted by Crippen LogP contribution is 2.28. The largest absolute Gasteiger partial charge is 0.404 e. The molecule has 18 heavy (non-hydrogen) atoms. The molecular weight excluding hydrogens is 311 g/mol. The van der Waals surface area contributed by atoms with Crippen molar-refractivity contribution in [2.24, 2.45) is 0 Å². The summed E-state index contributed by atoms with van der Waals surface area (Å²) in [6, 6.07) is -1.56. The minimum absolute atomic E-state index is 0.124. The van der Waals surface area contributed by atoms with Gasteiger partial charge in [-0.15, -0.1) is 0 Å². The minimum Gasteiger partial charge on any atom is -0.309 e. The van der Waals surface area contributed by atoms with Gasteiger partial charge in [-0.25, -0.2) is 0 Å². The van der Waals surface area contributed by atoms with Gasteiger partial charge in [-0.2, -0.15) is 18.3 Å². The van der Waals surface area contributed by atoms with Crippen LogP contribution in [0.2, 0.25) is 0 Å². The van der Waals surface area contributed by atoms with E-state index in [9.17, 15) is 13.2 Å². The maximum Gasteiger partial charge on any atom is 0.404 e. The van der Waals surface area contributed by atoms with Crippen LogP contribution in [0.5, 0.6) is 0 Å². The van der Waals surface area contributed by atoms with Gasteiger partial charge in [0.1, 0.15) is 6.04 Å². The van der Waals surface area contributed by atoms with Crippen molar-refractivity contribution in [3.8, 4) is 0 Å². The molecule has 0 saturated carbocycles. The van der Waals surface area contributed by atoms with Crippen molar-refractivity contribution in [3.63, 3.8) is 0 Å². The zero-order valence-electron chi connectivity index (χ0n) is 10.6. The fourth-order valence-electron chi connectivity index (χ4n) is 1.79. The summed E-state index contributed by atoms with van der Waals surface area (Å²) in [6.07, 6.45) is -3.69. The average molecular weight is 328 g/mol. The van der Waals surface area contributed by atoms with Crippen molar-refractivity contribution in [3.05, 3.63) is 15.9 Å². The van der Waals surface area contributed by atoms with Crippen LogP contribution in [-0.2, 0) is 19.4 Å². The molecule has 1 aromatic heterocycles. The Kier molecular flexibility index (Phi) is 5.21. The van der Waals surface area contributed by atoms with E-state index in [-0.39, 0.29) is 6.42 Å². The molecule has 1 rings (SSSR count). The summed E-state index contributed by atoms with van der Waals surface area (Å²) in [5.41, 5.74) is 1.38. The van der Waals surface area contributed by atoms with E-state index < -0.39 is 12.2 Å². The first-order chi connectivity index (χ1) is 8.35. The molecule has 1 unspecified atom stereocenters. The molecule has 0 saturated heterocycles. The van der Waals surface area contributed by atoms with Crippen molar-refractivity contribution in [1.29, 1.82) is 0 Å². The van der Waals surface area contributed by atoms with Crippen LogP contribution in [-0.4, -0.2) is 29.0 Å². The summed E-state index contributed by atoms with van der Waals surface area (Å²) in [6.45, 7) is 4.35. The zero-order valence-corrected chi connectivity index (χ0v) is 12.2. The molecule has 0 radical (unpaired) electrons. The maximum atomic E-state index is 12.8. The Balaban J connectivity index is 3.05. The second-order valence-electron chi connectivity index (χ2n) is 3.96. The number of aryl methyl sites for hydroxylation is 2. The van der Waals surface area contributed by atoms with Gasteiger partial charge in [0.15, 0.2) is 0 Å². The molecule has 3 nitrogen and oxygen atoms in total. The summed E-state index contributed by atoms with van der Waals surface area (Å²) in [5, 5.41) is 6.60. The van der Waals surface area contributed by atoms with Gasteiger partial charge < -0.3 is 5.32 Å². The van der Waals surface area contributed by atoms with Crippen LogP contribution < -0.4 is 5.32 Å². The molecular formula is C11H17BrF3N3. The Hall–Kier alpha value is -0.560. The number of alkyl halides is 3. The second-order valence-corrected chi connectivity index (χ2v) is 4.76. The normalized spacial score (nSPS) is 13.9. The van der Waals surface area contributed by atoms with Crippen LogP contribution in [0.1, 0.15) is 25.2 Å². The van der Waals surface area contributed by atoms with Gasteiger partial charge in [0, 0.05) is 13.0 Å². The lowest BCUT2D eigenvalue weighted by atomic mass is 10.1. The highest BCUT2D eigenvalue weighted by atomic mass is 79.9. The Morgan fingerprint density at radius 1 is 1.39 bits per heavy atom. The Bertz CT molecular complexity index is 401. The Morgan fingerprint density at radius 2 is 2.00 bits per heavy atom. The van der Waals surface area contributed by atoms with Crippen LogP contribution in [0.4, 0.5) is 13.2 Å². The monoisotopic (exact) mass is 327 g/mol. The van der Waals surface area contributed by atoms with E-state index in [1.165, 1.54) is 7.05 Å². The van der Waals surface area contributed by atoms with Crippen LogP contribution in [0.3, 0.4) is 0 Å². The molecule has 0 aliphatic heterocycles. The highest BCUT2D eigenvalue weighted by Gasteiger charge is 2.39. The summed E-state index contributed by atoms with van der Waals surface area (Å²) in [7, 11) is 1.32. The third-order valence-corrected chi connectivity index (χ3v) is 3.75. The number of hydrogen-bond donors (Lipinski definition) is 1. The molecule has 0 aromatic carbocycles. The number of hydrogen-bond acceptors (Lipinski definition) is 2. The molecule has 1 N–H and O–H groups in total. The molecule has 104 valence electrons. The van der Waals surface area contributed by atoms with Gasteiger partial charge in [-0.1, -0.05) is 6.92 Å². The number of halogens is 4. The first-order valence-corrected chi connectivity index (χ1v) is 6.62. The van der Waals surface area contributed by atoms with Gasteiger partial charge in [-0.3, -0.25) is 4.68 Å². The SMILES string of the molecule is CCc1nn(CC)c(CC(NC)C(F)(F)F)c1Br. The number of rotatable bonds is 5. The second kappa shape index (κ2) is 6.06. The van der Waals surface area contributed by atoms with Crippen molar-refractivity contribution in [1.82, 2.24) is 15.1 Å². The minimum atomic E-state index is -4.26. The highest BCUT2D eigenvalue weighted by molar-refractivity contribution is 9.10. The standard InChI is InChI=1S/C11H17BrF3N3/c1-4-7-10(12)8(18(5-2)17-7)6-9(16-3)11(13,14)15/h9,16H,4-6H2,1-3H3. The van der Waals surface area contributed by atoms with Gasteiger partial charge in [0.2, 0.25) is 0 Å². The van der Waals surface area contributed by atoms with Crippen LogP contribution in [0, 0.1) is 0 Å². The molecule has 0 bridgehead atoms. The topological polar surface area (TPSA) is 29.9 Å². The molecule has 1 aromatic rings. The number of aromatic nitrogens is 2. The lowest BCUT2D eigenvalue weighted by Crippen LogP contribution is -2.42. The van der Waals surface area contributed by atoms with E-state index in [0.29, 0.717) is 23.1 Å². The number of nitrogens with zero attached hydrogens (tertiary/aromatic N) is 2. The van der Waals surface area contributed by atoms with E-state index in [1.54, 1.807) is 4.68 Å². The molecule has 0 fully saturated rings. The first-order valence-electron chi connectivity index (χ1n) is 5.83. The lowest BCUT2D eigenvalue weighted by Gasteiger charge is -2.20. The number of likely N-dealkylation sites (N-methyl/N-ethyl adjacent to an activating group) is 1. The van der Waals surface area contributed by atoms with Gasteiger partial charge in [-0.05, 0) is 36.3 Å². The smallest absolute Gasteiger partial charge is 0.309 e. The lowest BCUT2D eigenvalue weighted by molar-refractivity contribution is -0.154. The van der Waals surface area contributed by atoms with Gasteiger partial charge >= 0.3 is 6.18 Å². The van der Waals surface area contributed by atoms with E-state index >= 15 is 0 Å². The van der Waals surface area contributed by atoms with Crippen LogP contribution in [0.25, 0.3) is 0 Å². The predicted molar refractivity (Wildman–Crippen MR) is 67.6 cm³/mol. The number of nitrogens with one attached hydrogen (secondary N) is 1. The first kappa shape index (κ1) is 15.5. The van der Waals surface area contributed by atoms with Crippen molar-refractivity contribution >= 4 is 15.9 Å². The quantitative estimate of drug-likeness (QED) is 0.901. The molecule has 0 amide bonds. The van der Waals surface area contributed by atoms with Crippen molar-refractivity contribution in [2.75, 3.05) is 7.05 Å². The van der Waals surface area contributed by atoms with Crippen LogP contribution >= 0.6 is 15.9 Å². The van der Waals surface area contributed by atoms with Crippen molar-refractivity contribution < 1.29 is 13.2 Å².